The van der Waals surface area contributed by atoms with Gasteiger partial charge in [0.05, 0.1) is 0 Å². The molecule has 0 atom stereocenters. The Kier molecular flexibility index (Phi) is 7.53. The minimum absolute atomic E-state index is 0.377. The molecule has 1 aliphatic heterocycles. The van der Waals surface area contributed by atoms with Gasteiger partial charge in [0.2, 0.25) is 0 Å². The molecule has 1 fully saturated rings. The van der Waals surface area contributed by atoms with Gasteiger partial charge >= 0.3 is 0 Å². The molecule has 3 nitrogen and oxygen atoms in total. The predicted molar refractivity (Wildman–Crippen MR) is 81.5 cm³/mol. The third-order valence-corrected chi connectivity index (χ3v) is 3.37. The van der Waals surface area contributed by atoms with E-state index in [0.29, 0.717) is 11.7 Å². The molecule has 19 heavy (non-hydrogen) atoms. The maximum Gasteiger partial charge on any atom is 0.115 e. The molecule has 0 bridgehead atoms. The molecular formula is C16H28N2O. The van der Waals surface area contributed by atoms with Gasteiger partial charge in [-0.2, -0.15) is 0 Å². The highest BCUT2D eigenvalue weighted by atomic mass is 16.3. The average molecular weight is 264 g/mol. The van der Waals surface area contributed by atoms with Crippen LogP contribution in [0.5, 0.6) is 5.75 Å². The third-order valence-electron chi connectivity index (χ3n) is 3.37. The van der Waals surface area contributed by atoms with Crippen LogP contribution in [0.15, 0.2) is 24.3 Å². The van der Waals surface area contributed by atoms with Gasteiger partial charge in [-0.25, -0.2) is 0 Å². The molecule has 0 spiro atoms. The number of piperidine rings is 1. The van der Waals surface area contributed by atoms with E-state index in [1.54, 1.807) is 6.07 Å². The van der Waals surface area contributed by atoms with E-state index in [1.807, 2.05) is 12.1 Å². The molecule has 0 amide bonds. The number of rotatable bonds is 3. The van der Waals surface area contributed by atoms with Crippen molar-refractivity contribution in [1.29, 1.82) is 0 Å². The number of likely N-dealkylation sites (tertiary alicyclic amines) is 1. The number of hydrogen-bond acceptors (Lipinski definition) is 3. The fraction of sp³-hybridized carbons (Fsp3) is 0.625. The lowest BCUT2D eigenvalue weighted by molar-refractivity contribution is 0.217. The topological polar surface area (TPSA) is 49.5 Å². The van der Waals surface area contributed by atoms with Gasteiger partial charge in [-0.1, -0.05) is 32.4 Å². The molecule has 1 aromatic carbocycles. The van der Waals surface area contributed by atoms with Gasteiger partial charge in [-0.05, 0) is 49.5 Å². The van der Waals surface area contributed by atoms with E-state index in [2.05, 4.69) is 24.8 Å². The molecule has 2 rings (SSSR count). The number of phenols is 1. The smallest absolute Gasteiger partial charge is 0.115 e. The maximum absolute atomic E-state index is 9.45. The first kappa shape index (κ1) is 16.0. The molecule has 0 aromatic heterocycles. The van der Waals surface area contributed by atoms with Crippen LogP contribution in [0.3, 0.4) is 0 Å². The molecule has 1 aromatic rings. The molecule has 1 aliphatic rings. The van der Waals surface area contributed by atoms with Gasteiger partial charge in [0, 0.05) is 13.1 Å². The number of hydrogen-bond donors (Lipinski definition) is 2. The lowest BCUT2D eigenvalue weighted by Gasteiger charge is -2.31. The minimum Gasteiger partial charge on any atom is -0.508 e. The molecule has 3 heteroatoms. The molecule has 0 saturated carbocycles. The summed E-state index contributed by atoms with van der Waals surface area (Å²) in [6, 6.07) is 7.66. The molecule has 108 valence electrons. The maximum atomic E-state index is 9.45. The first-order valence-electron chi connectivity index (χ1n) is 7.42. The Hall–Kier alpha value is -1.06. The predicted octanol–water partition coefficient (Wildman–Crippen LogP) is 2.95. The molecule has 3 N–H and O–H groups in total. The van der Waals surface area contributed by atoms with Gasteiger partial charge in [-0.15, -0.1) is 0 Å². The summed E-state index contributed by atoms with van der Waals surface area (Å²) in [4.78, 5) is 2.42. The highest BCUT2D eigenvalue weighted by Crippen LogP contribution is 2.29. The van der Waals surface area contributed by atoms with E-state index in [9.17, 15) is 5.11 Å². The van der Waals surface area contributed by atoms with Crippen molar-refractivity contribution in [1.82, 2.24) is 4.90 Å². The first-order chi connectivity index (χ1) is 9.21. The molecular weight excluding hydrogens is 236 g/mol. The van der Waals surface area contributed by atoms with Crippen LogP contribution < -0.4 is 5.73 Å². The molecule has 1 saturated heterocycles. The van der Waals surface area contributed by atoms with E-state index >= 15 is 0 Å². The highest BCUT2D eigenvalue weighted by molar-refractivity contribution is 5.29. The summed E-state index contributed by atoms with van der Waals surface area (Å²) < 4.78 is 0. The summed E-state index contributed by atoms with van der Waals surface area (Å²) in [5.74, 6) is 0.975. The van der Waals surface area contributed by atoms with Crippen molar-refractivity contribution < 1.29 is 5.11 Å². The Bertz CT molecular complexity index is 346. The Morgan fingerprint density at radius 3 is 2.42 bits per heavy atom. The second-order valence-electron chi connectivity index (χ2n) is 5.21. The van der Waals surface area contributed by atoms with Crippen molar-refractivity contribution in [3.63, 3.8) is 0 Å². The van der Waals surface area contributed by atoms with Crippen molar-refractivity contribution in [2.45, 2.75) is 39.0 Å². The fourth-order valence-corrected chi connectivity index (χ4v) is 2.45. The number of nitrogens with two attached hydrogens (primary N) is 1. The monoisotopic (exact) mass is 264 g/mol. The Morgan fingerprint density at radius 1 is 1.26 bits per heavy atom. The van der Waals surface area contributed by atoms with Crippen molar-refractivity contribution in [3.8, 4) is 5.75 Å². The molecule has 0 unspecified atom stereocenters. The van der Waals surface area contributed by atoms with E-state index < -0.39 is 0 Å². The van der Waals surface area contributed by atoms with Gasteiger partial charge in [0.1, 0.15) is 5.75 Å². The Balaban J connectivity index is 0.000000550. The van der Waals surface area contributed by atoms with Gasteiger partial charge < -0.3 is 15.7 Å². The van der Waals surface area contributed by atoms with Gasteiger partial charge in [0.15, 0.2) is 0 Å². The summed E-state index contributed by atoms with van der Waals surface area (Å²) in [5, 5.41) is 9.45. The zero-order valence-electron chi connectivity index (χ0n) is 12.3. The van der Waals surface area contributed by atoms with Crippen LogP contribution >= 0.6 is 0 Å². The van der Waals surface area contributed by atoms with E-state index in [1.165, 1.54) is 24.8 Å². The second-order valence-corrected chi connectivity index (χ2v) is 5.21. The summed E-state index contributed by atoms with van der Waals surface area (Å²) in [6.45, 7) is 8.25. The first-order valence-corrected chi connectivity index (χ1v) is 7.42. The Labute approximate surface area is 117 Å². The molecule has 0 aliphatic carbocycles. The molecule has 0 radical (unpaired) electrons. The summed E-state index contributed by atoms with van der Waals surface area (Å²) in [7, 11) is 0. The van der Waals surface area contributed by atoms with E-state index in [4.69, 9.17) is 5.73 Å². The van der Waals surface area contributed by atoms with Crippen LogP contribution in [0.2, 0.25) is 0 Å². The number of benzene rings is 1. The summed E-state index contributed by atoms with van der Waals surface area (Å²) in [6.07, 6.45) is 3.59. The normalized spacial score (nSPS) is 16.8. The van der Waals surface area contributed by atoms with Crippen molar-refractivity contribution in [2.24, 2.45) is 5.73 Å². The van der Waals surface area contributed by atoms with Crippen LogP contribution in [0.1, 0.15) is 44.6 Å². The average Bonchev–Trinajstić information content (AvgIpc) is 2.41. The standard InChI is InChI=1S/C13H20N2O.C3H8/c14-6-9-15-7-4-11(5-8-15)12-2-1-3-13(16)10-12;1-3-2/h1-3,10-11,16H,4-9,14H2;3H2,1-2H3. The Morgan fingerprint density at radius 2 is 1.89 bits per heavy atom. The van der Waals surface area contributed by atoms with Gasteiger partial charge in [0.25, 0.3) is 0 Å². The van der Waals surface area contributed by atoms with Crippen LogP contribution in [-0.2, 0) is 0 Å². The van der Waals surface area contributed by atoms with Gasteiger partial charge in [-0.3, -0.25) is 0 Å². The largest absolute Gasteiger partial charge is 0.508 e. The van der Waals surface area contributed by atoms with E-state index in [0.717, 1.165) is 26.2 Å². The highest BCUT2D eigenvalue weighted by Gasteiger charge is 2.19. The quantitative estimate of drug-likeness (QED) is 0.882. The fourth-order valence-electron chi connectivity index (χ4n) is 2.45. The zero-order chi connectivity index (χ0) is 14.1. The van der Waals surface area contributed by atoms with Crippen molar-refractivity contribution >= 4 is 0 Å². The SMILES string of the molecule is CCC.NCCN1CCC(c2cccc(O)c2)CC1. The minimum atomic E-state index is 0.377. The van der Waals surface area contributed by atoms with Crippen molar-refractivity contribution in [3.05, 3.63) is 29.8 Å². The summed E-state index contributed by atoms with van der Waals surface area (Å²) in [5.41, 5.74) is 6.82. The number of phenolic OH excluding ortho intramolecular Hbond substituents is 1. The lowest BCUT2D eigenvalue weighted by atomic mass is 9.89. The number of nitrogens with zero attached hydrogens (tertiary/aromatic N) is 1. The van der Waals surface area contributed by atoms with Crippen LogP contribution in [0, 0.1) is 0 Å². The van der Waals surface area contributed by atoms with Crippen LogP contribution in [0.25, 0.3) is 0 Å². The zero-order valence-corrected chi connectivity index (χ0v) is 12.3. The number of aromatic hydroxyl groups is 1. The lowest BCUT2D eigenvalue weighted by Crippen LogP contribution is -2.36. The summed E-state index contributed by atoms with van der Waals surface area (Å²) >= 11 is 0. The molecule has 1 heterocycles. The third kappa shape index (κ3) is 5.62. The van der Waals surface area contributed by atoms with Crippen LogP contribution in [-0.4, -0.2) is 36.2 Å². The van der Waals surface area contributed by atoms with E-state index in [-0.39, 0.29) is 0 Å². The van der Waals surface area contributed by atoms with Crippen molar-refractivity contribution in [2.75, 3.05) is 26.2 Å². The van der Waals surface area contributed by atoms with Crippen LogP contribution in [0.4, 0.5) is 0 Å². The second kappa shape index (κ2) is 8.94.